The van der Waals surface area contributed by atoms with Crippen LogP contribution in [0, 0.1) is 5.92 Å². The van der Waals surface area contributed by atoms with Gasteiger partial charge in [-0.2, -0.15) is 11.8 Å². The van der Waals surface area contributed by atoms with Crippen molar-refractivity contribution in [2.24, 2.45) is 5.92 Å². The van der Waals surface area contributed by atoms with Crippen LogP contribution in [0.15, 0.2) is 0 Å². The molecule has 0 bridgehead atoms. The van der Waals surface area contributed by atoms with Crippen molar-refractivity contribution in [1.82, 2.24) is 4.90 Å². The van der Waals surface area contributed by atoms with Crippen molar-refractivity contribution in [2.75, 3.05) is 25.4 Å². The zero-order valence-corrected chi connectivity index (χ0v) is 11.3. The summed E-state index contributed by atoms with van der Waals surface area (Å²) in [7, 11) is 0. The Morgan fingerprint density at radius 2 is 2.13 bits per heavy atom. The Hall–Kier alpha value is 0.270. The maximum Gasteiger partial charge on any atom is 0.0632 e. The molecule has 2 nitrogen and oxygen atoms in total. The fraction of sp³-hybridized carbons (Fsp3) is 1.00. The van der Waals surface area contributed by atoms with Gasteiger partial charge < -0.3 is 10.0 Å². The summed E-state index contributed by atoms with van der Waals surface area (Å²) >= 11 is 2.02. The van der Waals surface area contributed by atoms with E-state index in [9.17, 15) is 5.11 Å². The molecule has 0 saturated carbocycles. The Kier molecular flexibility index (Phi) is 4.94. The first-order valence-electron chi connectivity index (χ1n) is 5.96. The second-order valence-electron chi connectivity index (χ2n) is 5.36. The minimum atomic E-state index is -0.500. The molecule has 1 N–H and O–H groups in total. The van der Waals surface area contributed by atoms with Crippen LogP contribution < -0.4 is 0 Å². The summed E-state index contributed by atoms with van der Waals surface area (Å²) in [5.74, 6) is 1.68. The lowest BCUT2D eigenvalue weighted by Gasteiger charge is -2.25. The highest BCUT2D eigenvalue weighted by Gasteiger charge is 2.32. The monoisotopic (exact) mass is 231 g/mol. The predicted octanol–water partition coefficient (Wildman–Crippen LogP) is 2.22. The van der Waals surface area contributed by atoms with E-state index in [-0.39, 0.29) is 0 Å². The highest BCUT2D eigenvalue weighted by Crippen LogP contribution is 2.27. The van der Waals surface area contributed by atoms with Crippen LogP contribution in [-0.4, -0.2) is 46.2 Å². The molecule has 1 aliphatic rings. The van der Waals surface area contributed by atoms with Crippen molar-refractivity contribution in [2.45, 2.75) is 45.0 Å². The Balaban J connectivity index is 2.19. The van der Waals surface area contributed by atoms with Gasteiger partial charge >= 0.3 is 0 Å². The highest BCUT2D eigenvalue weighted by molar-refractivity contribution is 7.99. The van der Waals surface area contributed by atoms with Gasteiger partial charge in [0.1, 0.15) is 0 Å². The van der Waals surface area contributed by atoms with Crippen LogP contribution in [-0.2, 0) is 0 Å². The summed E-state index contributed by atoms with van der Waals surface area (Å²) in [6.07, 6.45) is 1.15. The highest BCUT2D eigenvalue weighted by atomic mass is 32.2. The largest absolute Gasteiger partial charge is 0.390 e. The van der Waals surface area contributed by atoms with Crippen molar-refractivity contribution in [3.63, 3.8) is 0 Å². The summed E-state index contributed by atoms with van der Waals surface area (Å²) in [6.45, 7) is 11.8. The topological polar surface area (TPSA) is 23.5 Å². The second-order valence-corrected chi connectivity index (χ2v) is 7.04. The smallest absolute Gasteiger partial charge is 0.0632 e. The van der Waals surface area contributed by atoms with E-state index < -0.39 is 5.60 Å². The molecule has 1 unspecified atom stereocenters. The predicted molar refractivity (Wildman–Crippen MR) is 68.4 cm³/mol. The van der Waals surface area contributed by atoms with Crippen molar-refractivity contribution >= 4 is 11.8 Å². The fourth-order valence-electron chi connectivity index (χ4n) is 2.03. The van der Waals surface area contributed by atoms with E-state index in [0.717, 1.165) is 24.8 Å². The first-order chi connectivity index (χ1) is 6.89. The molecule has 1 fully saturated rings. The lowest BCUT2D eigenvalue weighted by molar-refractivity contribution is 0.0213. The molecule has 0 amide bonds. The van der Waals surface area contributed by atoms with Crippen LogP contribution in [0.2, 0.25) is 0 Å². The van der Waals surface area contributed by atoms with E-state index in [1.165, 1.54) is 12.3 Å². The van der Waals surface area contributed by atoms with Gasteiger partial charge in [-0.15, -0.1) is 0 Å². The third-order valence-corrected chi connectivity index (χ3v) is 4.22. The third-order valence-electron chi connectivity index (χ3n) is 3.13. The second kappa shape index (κ2) is 5.55. The van der Waals surface area contributed by atoms with Gasteiger partial charge in [0, 0.05) is 24.8 Å². The molecule has 0 aromatic rings. The zero-order valence-electron chi connectivity index (χ0n) is 10.5. The minimum Gasteiger partial charge on any atom is -0.390 e. The molecule has 3 heteroatoms. The molecule has 15 heavy (non-hydrogen) atoms. The van der Waals surface area contributed by atoms with Crippen LogP contribution in [0.3, 0.4) is 0 Å². The van der Waals surface area contributed by atoms with Crippen molar-refractivity contribution in [3.8, 4) is 0 Å². The summed E-state index contributed by atoms with van der Waals surface area (Å²) < 4.78 is 0. The first kappa shape index (κ1) is 13.3. The van der Waals surface area contributed by atoms with E-state index in [2.05, 4.69) is 18.7 Å². The van der Waals surface area contributed by atoms with E-state index >= 15 is 0 Å². The van der Waals surface area contributed by atoms with Gasteiger partial charge in [0.15, 0.2) is 0 Å². The maximum absolute atomic E-state index is 9.92. The average molecular weight is 231 g/mol. The molecule has 0 aromatic carbocycles. The van der Waals surface area contributed by atoms with E-state index in [1.54, 1.807) is 0 Å². The van der Waals surface area contributed by atoms with E-state index in [1.807, 2.05) is 25.6 Å². The summed E-state index contributed by atoms with van der Waals surface area (Å²) in [5.41, 5.74) is -0.500. The van der Waals surface area contributed by atoms with Crippen LogP contribution in [0.1, 0.15) is 34.1 Å². The van der Waals surface area contributed by atoms with Gasteiger partial charge in [-0.1, -0.05) is 13.8 Å². The molecule has 1 aliphatic heterocycles. The number of hydrogen-bond acceptors (Lipinski definition) is 3. The van der Waals surface area contributed by atoms with Gasteiger partial charge in [-0.3, -0.25) is 0 Å². The van der Waals surface area contributed by atoms with Crippen LogP contribution >= 0.6 is 11.8 Å². The van der Waals surface area contributed by atoms with Gasteiger partial charge in [-0.05, 0) is 32.1 Å². The van der Waals surface area contributed by atoms with Crippen molar-refractivity contribution < 1.29 is 5.11 Å². The fourth-order valence-corrected chi connectivity index (χ4v) is 2.86. The van der Waals surface area contributed by atoms with Crippen LogP contribution in [0.25, 0.3) is 0 Å². The number of aliphatic hydroxyl groups is 1. The van der Waals surface area contributed by atoms with Gasteiger partial charge in [0.2, 0.25) is 0 Å². The Morgan fingerprint density at radius 3 is 2.60 bits per heavy atom. The molecule has 0 spiro atoms. The van der Waals surface area contributed by atoms with Gasteiger partial charge in [0.05, 0.1) is 5.60 Å². The quantitative estimate of drug-likeness (QED) is 0.785. The molecule has 0 aliphatic carbocycles. The zero-order chi connectivity index (χ0) is 11.5. The van der Waals surface area contributed by atoms with E-state index in [0.29, 0.717) is 5.92 Å². The number of nitrogens with zero attached hydrogens (tertiary/aromatic N) is 1. The Bertz CT molecular complexity index is 189. The van der Waals surface area contributed by atoms with E-state index in [4.69, 9.17) is 0 Å². The first-order valence-corrected chi connectivity index (χ1v) is 7.01. The van der Waals surface area contributed by atoms with Gasteiger partial charge in [-0.25, -0.2) is 0 Å². The lowest BCUT2D eigenvalue weighted by atomic mass is 9.90. The average Bonchev–Trinajstić information content (AvgIpc) is 2.51. The standard InChI is InChI=1S/C12H25NOS/c1-10(2)15-8-7-13-6-5-11(9-13)12(3,4)14/h10-11,14H,5-9H2,1-4H3. The lowest BCUT2D eigenvalue weighted by Crippen LogP contribution is -2.33. The molecule has 90 valence electrons. The summed E-state index contributed by atoms with van der Waals surface area (Å²) in [5, 5.41) is 10.7. The molecule has 1 saturated heterocycles. The molecule has 1 rings (SSSR count). The van der Waals surface area contributed by atoms with Crippen LogP contribution in [0.5, 0.6) is 0 Å². The molecular formula is C12H25NOS. The Morgan fingerprint density at radius 1 is 1.47 bits per heavy atom. The SMILES string of the molecule is CC(C)SCCN1CCC(C(C)(C)O)C1. The van der Waals surface area contributed by atoms with Crippen molar-refractivity contribution in [3.05, 3.63) is 0 Å². The minimum absolute atomic E-state index is 0.460. The maximum atomic E-state index is 9.92. The summed E-state index contributed by atoms with van der Waals surface area (Å²) in [6, 6.07) is 0. The number of hydrogen-bond donors (Lipinski definition) is 1. The molecule has 1 atom stereocenters. The third kappa shape index (κ3) is 4.75. The number of rotatable bonds is 5. The molecule has 0 radical (unpaired) electrons. The molecule has 1 heterocycles. The van der Waals surface area contributed by atoms with Crippen molar-refractivity contribution in [1.29, 1.82) is 0 Å². The van der Waals surface area contributed by atoms with Gasteiger partial charge in [0.25, 0.3) is 0 Å². The number of thioether (sulfide) groups is 1. The summed E-state index contributed by atoms with van der Waals surface area (Å²) in [4.78, 5) is 2.48. The number of likely N-dealkylation sites (tertiary alicyclic amines) is 1. The van der Waals surface area contributed by atoms with Crippen LogP contribution in [0.4, 0.5) is 0 Å². The normalized spacial score (nSPS) is 24.0. The Labute approximate surface area is 98.4 Å². The molecule has 0 aromatic heterocycles. The molecular weight excluding hydrogens is 206 g/mol.